The van der Waals surface area contributed by atoms with Crippen LogP contribution in [0.2, 0.25) is 0 Å². The van der Waals surface area contributed by atoms with Crippen LogP contribution in [0.25, 0.3) is 0 Å². The minimum Gasteiger partial charge on any atom is -0.382 e. The van der Waals surface area contributed by atoms with Gasteiger partial charge in [0.25, 0.3) is 0 Å². The minimum absolute atomic E-state index is 0.934. The van der Waals surface area contributed by atoms with Gasteiger partial charge in [-0.2, -0.15) is 0 Å². The summed E-state index contributed by atoms with van der Waals surface area (Å²) in [6, 6.07) is 10.7. The first kappa shape index (κ1) is 13.0. The first-order valence-corrected chi connectivity index (χ1v) is 7.17. The molecule has 2 aromatic rings. The first-order valence-electron chi connectivity index (χ1n) is 7.17. The van der Waals surface area contributed by atoms with E-state index >= 15 is 0 Å². The van der Waals surface area contributed by atoms with Crippen molar-refractivity contribution in [2.24, 2.45) is 0 Å². The summed E-state index contributed by atoms with van der Waals surface area (Å²) in [5.41, 5.74) is 7.47. The Morgan fingerprint density at radius 1 is 1.20 bits per heavy atom. The Morgan fingerprint density at radius 2 is 2.00 bits per heavy atom. The Balaban J connectivity index is 1.94. The maximum absolute atomic E-state index is 4.61. The number of nitrogens with zero attached hydrogens (tertiary/aromatic N) is 2. The third-order valence-electron chi connectivity index (χ3n) is 3.97. The molecule has 1 aliphatic rings. The number of anilines is 2. The zero-order valence-electron chi connectivity index (χ0n) is 12.4. The molecule has 20 heavy (non-hydrogen) atoms. The maximum atomic E-state index is 4.61. The highest BCUT2D eigenvalue weighted by molar-refractivity contribution is 5.72. The summed E-state index contributed by atoms with van der Waals surface area (Å²) < 4.78 is 0. The predicted molar refractivity (Wildman–Crippen MR) is 84.4 cm³/mol. The number of aromatic nitrogens is 1. The van der Waals surface area contributed by atoms with E-state index in [1.54, 1.807) is 0 Å². The summed E-state index contributed by atoms with van der Waals surface area (Å²) in [6.07, 6.45) is 0. The van der Waals surface area contributed by atoms with Crippen LogP contribution in [-0.2, 0) is 6.54 Å². The summed E-state index contributed by atoms with van der Waals surface area (Å²) >= 11 is 0. The normalized spacial score (nSPS) is 13.8. The molecule has 0 atom stereocenters. The van der Waals surface area contributed by atoms with E-state index in [-0.39, 0.29) is 0 Å². The molecule has 0 saturated carbocycles. The number of benzene rings is 1. The lowest BCUT2D eigenvalue weighted by Crippen LogP contribution is -2.34. The number of nitrogens with one attached hydrogen (secondary N) is 1. The SMILES string of the molecule is Cc1cc(C)c(CN2CCNc3ccccc32)c(C)n1. The number of para-hydroxylation sites is 2. The highest BCUT2D eigenvalue weighted by Gasteiger charge is 2.17. The number of pyridine rings is 1. The van der Waals surface area contributed by atoms with Crippen LogP contribution in [0.1, 0.15) is 22.5 Å². The molecule has 104 valence electrons. The number of hydrogen-bond acceptors (Lipinski definition) is 3. The van der Waals surface area contributed by atoms with Crippen molar-refractivity contribution in [3.63, 3.8) is 0 Å². The molecule has 1 aromatic carbocycles. The van der Waals surface area contributed by atoms with Crippen LogP contribution in [0.3, 0.4) is 0 Å². The smallest absolute Gasteiger partial charge is 0.0605 e. The van der Waals surface area contributed by atoms with E-state index in [2.05, 4.69) is 66.3 Å². The van der Waals surface area contributed by atoms with Gasteiger partial charge in [0.2, 0.25) is 0 Å². The van der Waals surface area contributed by atoms with Crippen LogP contribution in [0.15, 0.2) is 30.3 Å². The number of hydrogen-bond donors (Lipinski definition) is 1. The van der Waals surface area contributed by atoms with Crippen LogP contribution >= 0.6 is 0 Å². The van der Waals surface area contributed by atoms with Gasteiger partial charge in [-0.15, -0.1) is 0 Å². The zero-order chi connectivity index (χ0) is 14.1. The van der Waals surface area contributed by atoms with E-state index in [0.29, 0.717) is 0 Å². The molecule has 0 amide bonds. The van der Waals surface area contributed by atoms with Crippen molar-refractivity contribution in [3.8, 4) is 0 Å². The lowest BCUT2D eigenvalue weighted by molar-refractivity contribution is 0.774. The van der Waals surface area contributed by atoms with Gasteiger partial charge in [0, 0.05) is 31.0 Å². The molecule has 0 aliphatic carbocycles. The standard InChI is InChI=1S/C17H21N3/c1-12-10-13(2)19-14(3)15(12)11-20-9-8-18-16-6-4-5-7-17(16)20/h4-7,10,18H,8-9,11H2,1-3H3. The largest absolute Gasteiger partial charge is 0.382 e. The van der Waals surface area contributed by atoms with Crippen LogP contribution in [0.5, 0.6) is 0 Å². The second-order valence-corrected chi connectivity index (χ2v) is 5.51. The fourth-order valence-electron chi connectivity index (χ4n) is 2.99. The fourth-order valence-corrected chi connectivity index (χ4v) is 2.99. The summed E-state index contributed by atoms with van der Waals surface area (Å²) in [6.45, 7) is 9.32. The van der Waals surface area contributed by atoms with Gasteiger partial charge in [0.15, 0.2) is 0 Å². The Kier molecular flexibility index (Phi) is 3.35. The Labute approximate surface area is 120 Å². The van der Waals surface area contributed by atoms with Gasteiger partial charge in [-0.05, 0) is 50.1 Å². The lowest BCUT2D eigenvalue weighted by atomic mass is 10.1. The molecule has 1 N–H and O–H groups in total. The molecule has 3 nitrogen and oxygen atoms in total. The molecule has 3 rings (SSSR count). The Hall–Kier alpha value is -2.03. The van der Waals surface area contributed by atoms with Gasteiger partial charge in [0.05, 0.1) is 11.4 Å². The summed E-state index contributed by atoms with van der Waals surface area (Å²) in [4.78, 5) is 7.06. The fraction of sp³-hybridized carbons (Fsp3) is 0.353. The van der Waals surface area contributed by atoms with Gasteiger partial charge < -0.3 is 10.2 Å². The second kappa shape index (κ2) is 5.16. The predicted octanol–water partition coefficient (Wildman–Crippen LogP) is 3.44. The van der Waals surface area contributed by atoms with E-state index in [1.165, 1.54) is 22.5 Å². The lowest BCUT2D eigenvalue weighted by Gasteiger charge is -2.32. The van der Waals surface area contributed by atoms with E-state index in [0.717, 1.165) is 31.0 Å². The monoisotopic (exact) mass is 267 g/mol. The molecule has 0 fully saturated rings. The van der Waals surface area contributed by atoms with Gasteiger partial charge in [-0.3, -0.25) is 4.98 Å². The van der Waals surface area contributed by atoms with E-state index in [1.807, 2.05) is 0 Å². The van der Waals surface area contributed by atoms with Crippen LogP contribution < -0.4 is 10.2 Å². The number of fused-ring (bicyclic) bond motifs is 1. The highest BCUT2D eigenvalue weighted by atomic mass is 15.2. The topological polar surface area (TPSA) is 28.2 Å². The Bertz CT molecular complexity index is 611. The average molecular weight is 267 g/mol. The van der Waals surface area contributed by atoms with E-state index in [9.17, 15) is 0 Å². The van der Waals surface area contributed by atoms with Gasteiger partial charge in [0.1, 0.15) is 0 Å². The molecule has 0 spiro atoms. The Morgan fingerprint density at radius 3 is 2.80 bits per heavy atom. The van der Waals surface area contributed by atoms with Crippen molar-refractivity contribution in [2.75, 3.05) is 23.3 Å². The molecule has 0 saturated heterocycles. The molecular formula is C17H21N3. The molecule has 1 aromatic heterocycles. The van der Waals surface area contributed by atoms with Crippen molar-refractivity contribution in [3.05, 3.63) is 52.8 Å². The third-order valence-corrected chi connectivity index (χ3v) is 3.97. The van der Waals surface area contributed by atoms with E-state index < -0.39 is 0 Å². The zero-order valence-corrected chi connectivity index (χ0v) is 12.4. The van der Waals surface area contributed by atoms with Crippen molar-refractivity contribution in [2.45, 2.75) is 27.3 Å². The van der Waals surface area contributed by atoms with E-state index in [4.69, 9.17) is 0 Å². The maximum Gasteiger partial charge on any atom is 0.0605 e. The van der Waals surface area contributed by atoms with Crippen LogP contribution in [-0.4, -0.2) is 18.1 Å². The van der Waals surface area contributed by atoms with Gasteiger partial charge in [-0.1, -0.05) is 12.1 Å². The second-order valence-electron chi connectivity index (χ2n) is 5.51. The van der Waals surface area contributed by atoms with Crippen molar-refractivity contribution in [1.82, 2.24) is 4.98 Å². The molecular weight excluding hydrogens is 246 g/mol. The molecule has 3 heteroatoms. The summed E-state index contributed by atoms with van der Waals surface area (Å²) in [7, 11) is 0. The molecule has 0 radical (unpaired) electrons. The van der Waals surface area contributed by atoms with Gasteiger partial charge >= 0.3 is 0 Å². The molecule has 0 unspecified atom stereocenters. The minimum atomic E-state index is 0.934. The highest BCUT2D eigenvalue weighted by Crippen LogP contribution is 2.30. The third kappa shape index (κ3) is 2.36. The van der Waals surface area contributed by atoms with Crippen molar-refractivity contribution in [1.29, 1.82) is 0 Å². The summed E-state index contributed by atoms with van der Waals surface area (Å²) in [5, 5.41) is 3.46. The molecule has 0 bridgehead atoms. The number of rotatable bonds is 2. The first-order chi connectivity index (χ1) is 9.65. The molecule has 2 heterocycles. The van der Waals surface area contributed by atoms with Crippen LogP contribution in [0.4, 0.5) is 11.4 Å². The van der Waals surface area contributed by atoms with Gasteiger partial charge in [-0.25, -0.2) is 0 Å². The van der Waals surface area contributed by atoms with Crippen LogP contribution in [0, 0.1) is 20.8 Å². The summed E-state index contributed by atoms with van der Waals surface area (Å²) in [5.74, 6) is 0. The van der Waals surface area contributed by atoms with Crippen molar-refractivity contribution >= 4 is 11.4 Å². The van der Waals surface area contributed by atoms with Crippen molar-refractivity contribution < 1.29 is 0 Å². The number of aryl methyl sites for hydroxylation is 3. The quantitative estimate of drug-likeness (QED) is 0.903. The molecule has 1 aliphatic heterocycles. The average Bonchev–Trinajstić information content (AvgIpc) is 2.43.